The number of anilines is 1. The molecule has 1 atom stereocenters. The molecule has 0 saturated carbocycles. The molecular weight excluding hydrogens is 454 g/mol. The van der Waals surface area contributed by atoms with Crippen LogP contribution in [0.3, 0.4) is 0 Å². The highest BCUT2D eigenvalue weighted by Gasteiger charge is 2.34. The maximum absolute atomic E-state index is 13.3. The average Bonchev–Trinajstić information content (AvgIpc) is 3.26. The van der Waals surface area contributed by atoms with Gasteiger partial charge in [0.05, 0.1) is 29.0 Å². The lowest BCUT2D eigenvalue weighted by molar-refractivity contribution is -0.157. The van der Waals surface area contributed by atoms with Gasteiger partial charge < -0.3 is 20.1 Å². The van der Waals surface area contributed by atoms with Crippen molar-refractivity contribution in [1.82, 2.24) is 9.55 Å². The zero-order chi connectivity index (χ0) is 24.7. The van der Waals surface area contributed by atoms with Gasteiger partial charge in [0.1, 0.15) is 6.61 Å². The highest BCUT2D eigenvalue weighted by molar-refractivity contribution is 6.10. The Hall–Kier alpha value is -4.49. The highest BCUT2D eigenvalue weighted by Crippen LogP contribution is 2.40. The van der Waals surface area contributed by atoms with Crippen LogP contribution >= 0.6 is 0 Å². The van der Waals surface area contributed by atoms with E-state index in [1.165, 1.54) is 0 Å². The molecule has 1 unspecified atom stereocenters. The number of carbonyl (C=O) groups excluding carboxylic acids is 1. The third-order valence-corrected chi connectivity index (χ3v) is 7.46. The minimum atomic E-state index is -1.46. The van der Waals surface area contributed by atoms with E-state index in [1.54, 1.807) is 10.6 Å². The Bertz CT molecular complexity index is 1840. The van der Waals surface area contributed by atoms with Crippen molar-refractivity contribution in [2.24, 2.45) is 0 Å². The second-order valence-corrected chi connectivity index (χ2v) is 9.45. The molecule has 2 aliphatic rings. The maximum Gasteiger partial charge on any atom is 0.340 e. The third kappa shape index (κ3) is 2.80. The van der Waals surface area contributed by atoms with Crippen LogP contribution in [-0.2, 0) is 22.7 Å². The molecule has 0 radical (unpaired) electrons. The number of hydrogen-bond acceptors (Lipinski definition) is 6. The quantitative estimate of drug-likeness (QED) is 0.209. The number of fused-ring (bicyclic) bond motifs is 7. The van der Waals surface area contributed by atoms with Gasteiger partial charge in [-0.25, -0.2) is 9.78 Å². The molecule has 7 nitrogen and oxygen atoms in total. The fraction of sp³-hybridized carbons (Fsp3) is 0.138. The number of aliphatic hydroxyl groups excluding tert-OH is 1. The Morgan fingerprint density at radius 3 is 2.56 bits per heavy atom. The first-order chi connectivity index (χ1) is 17.4. The summed E-state index contributed by atoms with van der Waals surface area (Å²) in [5.74, 6) is -0.740. The summed E-state index contributed by atoms with van der Waals surface area (Å²) in [7, 11) is 0. The number of esters is 1. The smallest absolute Gasteiger partial charge is 0.340 e. The molecule has 0 saturated heterocycles. The lowest BCUT2D eigenvalue weighted by Gasteiger charge is -2.21. The van der Waals surface area contributed by atoms with E-state index in [0.29, 0.717) is 29.1 Å². The van der Waals surface area contributed by atoms with E-state index in [-0.39, 0.29) is 12.2 Å². The first-order valence-electron chi connectivity index (χ1n) is 11.7. The fourth-order valence-electron chi connectivity index (χ4n) is 5.53. The molecule has 0 amide bonds. The van der Waals surface area contributed by atoms with Crippen LogP contribution in [0.25, 0.3) is 44.2 Å². The van der Waals surface area contributed by atoms with Crippen LogP contribution in [0.1, 0.15) is 28.4 Å². The number of aromatic nitrogens is 2. The van der Waals surface area contributed by atoms with Gasteiger partial charge in [0, 0.05) is 22.2 Å². The van der Waals surface area contributed by atoms with Crippen molar-refractivity contribution in [2.75, 3.05) is 5.73 Å². The Morgan fingerprint density at radius 2 is 1.75 bits per heavy atom. The average molecular weight is 476 g/mol. The van der Waals surface area contributed by atoms with Crippen molar-refractivity contribution < 1.29 is 14.6 Å². The van der Waals surface area contributed by atoms with Gasteiger partial charge in [-0.1, -0.05) is 30.3 Å². The zero-order valence-corrected chi connectivity index (χ0v) is 19.4. The number of hydrogen-bond donors (Lipinski definition) is 2. The Kier molecular flexibility index (Phi) is 4.20. The maximum atomic E-state index is 13.3. The van der Waals surface area contributed by atoms with E-state index >= 15 is 0 Å². The summed E-state index contributed by atoms with van der Waals surface area (Å²) >= 11 is 0. The van der Waals surface area contributed by atoms with Gasteiger partial charge in [-0.2, -0.15) is 0 Å². The SMILES string of the molecule is Cc1c2c(nc3ccc4ccc(-c5ccc(N)cc5)cc4c13)-c1cc3c(c(=O)n1C2)COC(=O)C3O. The first-order valence-corrected chi connectivity index (χ1v) is 11.7. The van der Waals surface area contributed by atoms with Gasteiger partial charge in [-0.15, -0.1) is 0 Å². The minimum absolute atomic E-state index is 0.131. The summed E-state index contributed by atoms with van der Waals surface area (Å²) in [6.45, 7) is 2.31. The molecule has 7 rings (SSSR count). The van der Waals surface area contributed by atoms with Crippen molar-refractivity contribution >= 4 is 33.3 Å². The predicted octanol–water partition coefficient (Wildman–Crippen LogP) is 4.23. The number of benzene rings is 3. The number of nitrogen functional groups attached to an aromatic ring is 1. The summed E-state index contributed by atoms with van der Waals surface area (Å²) < 4.78 is 6.66. The molecule has 176 valence electrons. The number of cyclic esters (lactones) is 1. The number of carbonyl (C=O) groups is 1. The topological polar surface area (TPSA) is 107 Å². The minimum Gasteiger partial charge on any atom is -0.458 e. The largest absolute Gasteiger partial charge is 0.458 e. The molecule has 2 aromatic heterocycles. The van der Waals surface area contributed by atoms with E-state index in [2.05, 4.69) is 31.2 Å². The van der Waals surface area contributed by atoms with Crippen molar-refractivity contribution in [3.63, 3.8) is 0 Å². The van der Waals surface area contributed by atoms with Crippen LogP contribution in [0.5, 0.6) is 0 Å². The van der Waals surface area contributed by atoms with E-state index < -0.39 is 12.1 Å². The number of rotatable bonds is 1. The Labute approximate surface area is 205 Å². The third-order valence-electron chi connectivity index (χ3n) is 7.46. The number of nitrogens with zero attached hydrogens (tertiary/aromatic N) is 2. The van der Waals surface area contributed by atoms with E-state index in [9.17, 15) is 14.7 Å². The van der Waals surface area contributed by atoms with Crippen LogP contribution in [0.4, 0.5) is 5.69 Å². The van der Waals surface area contributed by atoms with Crippen molar-refractivity contribution in [3.05, 3.63) is 93.3 Å². The molecule has 0 bridgehead atoms. The summed E-state index contributed by atoms with van der Waals surface area (Å²) in [5, 5.41) is 13.6. The van der Waals surface area contributed by atoms with Crippen LogP contribution in [0.2, 0.25) is 0 Å². The number of aliphatic hydroxyl groups is 1. The van der Waals surface area contributed by atoms with Crippen molar-refractivity contribution in [1.29, 1.82) is 0 Å². The molecule has 7 heteroatoms. The van der Waals surface area contributed by atoms with Gasteiger partial charge in [0.2, 0.25) is 0 Å². The van der Waals surface area contributed by atoms with Crippen molar-refractivity contribution in [3.8, 4) is 22.5 Å². The molecule has 0 fully saturated rings. The molecule has 36 heavy (non-hydrogen) atoms. The first kappa shape index (κ1) is 20.8. The number of pyridine rings is 2. The molecule has 0 aliphatic carbocycles. The summed E-state index contributed by atoms with van der Waals surface area (Å²) in [6.07, 6.45) is -1.46. The summed E-state index contributed by atoms with van der Waals surface area (Å²) in [5.41, 5.74) is 13.3. The number of nitrogens with two attached hydrogens (primary N) is 1. The standard InChI is InChI=1S/C29H21N3O4/c1-14-21-12-32-24(11-20-22(28(32)34)13-36-29(35)27(20)33)26(21)31-23-9-6-16-2-3-17(10-19(16)25(14)23)15-4-7-18(30)8-5-15/h2-11,27,33H,12-13,30H2,1H3. The lowest BCUT2D eigenvalue weighted by atomic mass is 9.94. The van der Waals surface area contributed by atoms with Crippen LogP contribution in [0, 0.1) is 6.92 Å². The van der Waals surface area contributed by atoms with E-state index in [0.717, 1.165) is 49.6 Å². The van der Waals surface area contributed by atoms with Gasteiger partial charge in [0.25, 0.3) is 5.56 Å². The monoisotopic (exact) mass is 475 g/mol. The zero-order valence-electron chi connectivity index (χ0n) is 19.4. The van der Waals surface area contributed by atoms with Gasteiger partial charge in [0.15, 0.2) is 6.10 Å². The van der Waals surface area contributed by atoms with E-state index in [4.69, 9.17) is 15.5 Å². The molecule has 2 aliphatic heterocycles. The summed E-state index contributed by atoms with van der Waals surface area (Å²) in [4.78, 5) is 30.2. The second-order valence-electron chi connectivity index (χ2n) is 9.45. The second kappa shape index (κ2) is 7.26. The number of ether oxygens (including phenoxy) is 1. The normalized spacial score (nSPS) is 16.1. The number of aryl methyl sites for hydroxylation is 1. The van der Waals surface area contributed by atoms with Crippen LogP contribution in [-0.4, -0.2) is 20.6 Å². The molecule has 3 N–H and O–H groups in total. The highest BCUT2D eigenvalue weighted by atomic mass is 16.5. The Morgan fingerprint density at radius 1 is 1.00 bits per heavy atom. The molecule has 5 aromatic rings. The predicted molar refractivity (Wildman–Crippen MR) is 137 cm³/mol. The fourth-order valence-corrected chi connectivity index (χ4v) is 5.53. The molecular formula is C29H21N3O4. The van der Waals surface area contributed by atoms with Gasteiger partial charge >= 0.3 is 5.97 Å². The molecule has 0 spiro atoms. The van der Waals surface area contributed by atoms with Gasteiger partial charge in [-0.3, -0.25) is 4.79 Å². The van der Waals surface area contributed by atoms with Crippen LogP contribution < -0.4 is 11.3 Å². The lowest BCUT2D eigenvalue weighted by Crippen LogP contribution is -2.32. The van der Waals surface area contributed by atoms with Gasteiger partial charge in [-0.05, 0) is 64.7 Å². The van der Waals surface area contributed by atoms with Crippen molar-refractivity contribution in [2.45, 2.75) is 26.2 Å². The van der Waals surface area contributed by atoms with E-state index in [1.807, 2.05) is 30.3 Å². The molecule has 4 heterocycles. The summed E-state index contributed by atoms with van der Waals surface area (Å²) in [6, 6.07) is 20.0. The Balaban J connectivity index is 1.46. The molecule has 3 aromatic carbocycles. The van der Waals surface area contributed by atoms with Crippen LogP contribution in [0.15, 0.2) is 65.5 Å².